The number of carbonyl (C=O) groups excluding carboxylic acids is 1. The SMILES string of the molecule is CC#CCOc1ccc(S(=O)(=O)NC(=O)OC(C)(C)C)cc1. The minimum absolute atomic E-state index is 0.0627. The van der Waals surface area contributed by atoms with E-state index < -0.39 is 21.7 Å². The van der Waals surface area contributed by atoms with Crippen molar-refractivity contribution in [1.82, 2.24) is 4.72 Å². The summed E-state index contributed by atoms with van der Waals surface area (Å²) in [6.45, 7) is 6.85. The molecule has 0 aliphatic rings. The van der Waals surface area contributed by atoms with Crippen molar-refractivity contribution in [2.45, 2.75) is 38.2 Å². The molecule has 0 saturated heterocycles. The topological polar surface area (TPSA) is 81.7 Å². The first-order valence-electron chi connectivity index (χ1n) is 6.52. The Morgan fingerprint density at radius 3 is 2.32 bits per heavy atom. The standard InChI is InChI=1S/C15H19NO5S/c1-5-6-11-20-12-7-9-13(10-8-12)22(18,19)16-14(17)21-15(2,3)4/h7-10H,11H2,1-4H3,(H,16,17). The fourth-order valence-corrected chi connectivity index (χ4v) is 2.25. The molecular formula is C15H19NO5S. The van der Waals surface area contributed by atoms with Gasteiger partial charge in [-0.1, -0.05) is 5.92 Å². The lowest BCUT2D eigenvalue weighted by molar-refractivity contribution is 0.0570. The van der Waals surface area contributed by atoms with Crippen molar-refractivity contribution < 1.29 is 22.7 Å². The van der Waals surface area contributed by atoms with E-state index in [0.717, 1.165) is 0 Å². The smallest absolute Gasteiger partial charge is 0.421 e. The number of benzene rings is 1. The van der Waals surface area contributed by atoms with Crippen molar-refractivity contribution in [2.75, 3.05) is 6.61 Å². The van der Waals surface area contributed by atoms with Crippen LogP contribution in [0.15, 0.2) is 29.2 Å². The van der Waals surface area contributed by atoms with E-state index in [1.165, 1.54) is 24.3 Å². The minimum atomic E-state index is -3.98. The van der Waals surface area contributed by atoms with E-state index in [9.17, 15) is 13.2 Å². The average molecular weight is 325 g/mol. The highest BCUT2D eigenvalue weighted by molar-refractivity contribution is 7.90. The highest BCUT2D eigenvalue weighted by Gasteiger charge is 2.22. The average Bonchev–Trinajstić information content (AvgIpc) is 2.36. The molecule has 0 unspecified atom stereocenters. The van der Waals surface area contributed by atoms with Crippen molar-refractivity contribution in [3.05, 3.63) is 24.3 Å². The van der Waals surface area contributed by atoms with Crippen LogP contribution in [0.5, 0.6) is 5.75 Å². The number of hydrogen-bond donors (Lipinski definition) is 1. The van der Waals surface area contributed by atoms with Crippen molar-refractivity contribution in [3.8, 4) is 17.6 Å². The maximum Gasteiger partial charge on any atom is 0.421 e. The summed E-state index contributed by atoms with van der Waals surface area (Å²) in [5, 5.41) is 0. The van der Waals surface area contributed by atoms with Gasteiger partial charge in [-0.3, -0.25) is 0 Å². The van der Waals surface area contributed by atoms with Gasteiger partial charge in [0.1, 0.15) is 18.0 Å². The zero-order valence-electron chi connectivity index (χ0n) is 13.0. The first-order valence-corrected chi connectivity index (χ1v) is 8.00. The van der Waals surface area contributed by atoms with Crippen molar-refractivity contribution in [2.24, 2.45) is 0 Å². The molecule has 6 nitrogen and oxygen atoms in total. The van der Waals surface area contributed by atoms with Gasteiger partial charge in [-0.2, -0.15) is 0 Å². The molecular weight excluding hydrogens is 306 g/mol. The number of nitrogens with one attached hydrogen (secondary N) is 1. The summed E-state index contributed by atoms with van der Waals surface area (Å²) in [5.74, 6) is 5.89. The molecule has 1 amide bonds. The Kier molecular flexibility index (Phi) is 5.83. The van der Waals surface area contributed by atoms with Crippen LogP contribution in [-0.2, 0) is 14.8 Å². The molecule has 0 aliphatic carbocycles. The monoisotopic (exact) mass is 325 g/mol. The number of carbonyl (C=O) groups is 1. The van der Waals surface area contributed by atoms with Crippen LogP contribution in [-0.4, -0.2) is 26.7 Å². The Morgan fingerprint density at radius 1 is 1.23 bits per heavy atom. The van der Waals surface area contributed by atoms with Crippen molar-refractivity contribution >= 4 is 16.1 Å². The Balaban J connectivity index is 2.76. The van der Waals surface area contributed by atoms with Crippen LogP contribution < -0.4 is 9.46 Å². The second-order valence-electron chi connectivity index (χ2n) is 5.29. The highest BCUT2D eigenvalue weighted by Crippen LogP contribution is 2.16. The van der Waals surface area contributed by atoms with Gasteiger partial charge in [-0.15, -0.1) is 5.92 Å². The summed E-state index contributed by atoms with van der Waals surface area (Å²) in [4.78, 5) is 11.5. The molecule has 0 aromatic heterocycles. The van der Waals surface area contributed by atoms with E-state index in [-0.39, 0.29) is 11.5 Å². The molecule has 22 heavy (non-hydrogen) atoms. The van der Waals surface area contributed by atoms with Gasteiger partial charge in [0.2, 0.25) is 0 Å². The van der Waals surface area contributed by atoms with Crippen LogP contribution in [0.2, 0.25) is 0 Å². The molecule has 0 radical (unpaired) electrons. The number of hydrogen-bond acceptors (Lipinski definition) is 5. The van der Waals surface area contributed by atoms with E-state index >= 15 is 0 Å². The van der Waals surface area contributed by atoms with Crippen LogP contribution in [0, 0.1) is 11.8 Å². The van der Waals surface area contributed by atoms with Crippen LogP contribution in [0.3, 0.4) is 0 Å². The molecule has 0 aliphatic heterocycles. The second-order valence-corrected chi connectivity index (χ2v) is 6.98. The van der Waals surface area contributed by atoms with E-state index in [4.69, 9.17) is 9.47 Å². The summed E-state index contributed by atoms with van der Waals surface area (Å²) < 4.78 is 36.1. The maximum atomic E-state index is 12.0. The zero-order valence-corrected chi connectivity index (χ0v) is 13.8. The molecule has 1 rings (SSSR count). The normalized spacial score (nSPS) is 11.1. The number of sulfonamides is 1. The minimum Gasteiger partial charge on any atom is -0.481 e. The van der Waals surface area contributed by atoms with E-state index in [1.54, 1.807) is 27.7 Å². The molecule has 0 spiro atoms. The van der Waals surface area contributed by atoms with Gasteiger partial charge in [0.05, 0.1) is 4.90 Å². The first kappa shape index (κ1) is 17.9. The molecule has 7 heteroatoms. The molecule has 0 bridgehead atoms. The van der Waals surface area contributed by atoms with E-state index in [2.05, 4.69) is 11.8 Å². The van der Waals surface area contributed by atoms with E-state index in [1.807, 2.05) is 4.72 Å². The van der Waals surface area contributed by atoms with Gasteiger partial charge in [-0.25, -0.2) is 17.9 Å². The Morgan fingerprint density at radius 2 is 1.82 bits per heavy atom. The van der Waals surface area contributed by atoms with Gasteiger partial charge in [0, 0.05) is 0 Å². The third-order valence-corrected chi connectivity index (χ3v) is 3.57. The Bertz CT molecular complexity index is 675. The third kappa shape index (κ3) is 6.06. The summed E-state index contributed by atoms with van der Waals surface area (Å²) in [6, 6.07) is 5.64. The fourth-order valence-electron chi connectivity index (χ4n) is 1.37. The second kappa shape index (κ2) is 7.18. The van der Waals surface area contributed by atoms with E-state index in [0.29, 0.717) is 5.75 Å². The molecule has 0 atom stereocenters. The quantitative estimate of drug-likeness (QED) is 0.859. The highest BCUT2D eigenvalue weighted by atomic mass is 32.2. The fraction of sp³-hybridized carbons (Fsp3) is 0.400. The summed E-state index contributed by atoms with van der Waals surface area (Å²) in [5.41, 5.74) is -0.780. The lowest BCUT2D eigenvalue weighted by Gasteiger charge is -2.19. The van der Waals surface area contributed by atoms with Gasteiger partial charge in [0.25, 0.3) is 10.0 Å². The van der Waals surface area contributed by atoms with Crippen molar-refractivity contribution in [1.29, 1.82) is 0 Å². The number of rotatable bonds is 4. The van der Waals surface area contributed by atoms with Gasteiger partial charge >= 0.3 is 6.09 Å². The number of amides is 1. The largest absolute Gasteiger partial charge is 0.481 e. The summed E-state index contributed by atoms with van der Waals surface area (Å²) in [6.07, 6.45) is -1.02. The number of ether oxygens (including phenoxy) is 2. The summed E-state index contributed by atoms with van der Waals surface area (Å²) >= 11 is 0. The maximum absolute atomic E-state index is 12.0. The van der Waals surface area contributed by atoms with Crippen molar-refractivity contribution in [3.63, 3.8) is 0 Å². The predicted molar refractivity (Wildman–Crippen MR) is 81.9 cm³/mol. The molecule has 1 aromatic rings. The molecule has 0 saturated carbocycles. The Hall–Kier alpha value is -2.20. The molecule has 0 heterocycles. The molecule has 0 fully saturated rings. The van der Waals surface area contributed by atoms with Crippen LogP contribution in [0.25, 0.3) is 0 Å². The lowest BCUT2D eigenvalue weighted by atomic mass is 10.2. The lowest BCUT2D eigenvalue weighted by Crippen LogP contribution is -2.36. The molecule has 120 valence electrons. The van der Waals surface area contributed by atoms with Gasteiger partial charge in [-0.05, 0) is 52.0 Å². The first-order chi connectivity index (χ1) is 10.1. The predicted octanol–water partition coefficient (Wildman–Crippen LogP) is 2.30. The molecule has 1 N–H and O–H groups in total. The zero-order chi connectivity index (χ0) is 16.8. The van der Waals surface area contributed by atoms with Crippen LogP contribution >= 0.6 is 0 Å². The Labute approximate surface area is 130 Å². The third-order valence-electron chi connectivity index (χ3n) is 2.24. The van der Waals surface area contributed by atoms with Crippen LogP contribution in [0.1, 0.15) is 27.7 Å². The summed E-state index contributed by atoms with van der Waals surface area (Å²) in [7, 11) is -3.98. The van der Waals surface area contributed by atoms with Gasteiger partial charge < -0.3 is 9.47 Å². The molecule has 1 aromatic carbocycles. The van der Waals surface area contributed by atoms with Gasteiger partial charge in [0.15, 0.2) is 0 Å². The van der Waals surface area contributed by atoms with Crippen LogP contribution in [0.4, 0.5) is 4.79 Å².